The molecule has 2 aliphatic rings. The largest absolute Gasteiger partial charge is 0.383 e. The van der Waals surface area contributed by atoms with Crippen LogP contribution in [0.3, 0.4) is 0 Å². The van der Waals surface area contributed by atoms with Crippen LogP contribution in [0.5, 0.6) is 0 Å². The number of aromatic amines is 1. The summed E-state index contributed by atoms with van der Waals surface area (Å²) in [5.74, 6) is -0.303. The summed E-state index contributed by atoms with van der Waals surface area (Å²) < 4.78 is 5.09. The number of methoxy groups -OCH3 is 1. The molecule has 2 atom stereocenters. The summed E-state index contributed by atoms with van der Waals surface area (Å²) in [5, 5.41) is 1.18. The van der Waals surface area contributed by atoms with E-state index in [1.807, 2.05) is 24.4 Å². The molecule has 2 aliphatic heterocycles. The highest BCUT2D eigenvalue weighted by atomic mass is 16.5. The average Bonchev–Trinajstić information content (AvgIpc) is 3.19. The fourth-order valence-electron chi connectivity index (χ4n) is 4.65. The van der Waals surface area contributed by atoms with E-state index in [4.69, 9.17) is 4.74 Å². The number of hydrogen-bond acceptors (Lipinski definition) is 4. The van der Waals surface area contributed by atoms with Crippen molar-refractivity contribution in [3.05, 3.63) is 36.0 Å². The summed E-state index contributed by atoms with van der Waals surface area (Å²) in [5.41, 5.74) is 2.28. The van der Waals surface area contributed by atoms with Gasteiger partial charge in [-0.05, 0) is 31.4 Å². The van der Waals surface area contributed by atoms with Crippen molar-refractivity contribution in [2.75, 3.05) is 39.9 Å². The number of piperazine rings is 2. The fourth-order valence-corrected chi connectivity index (χ4v) is 4.65. The highest BCUT2D eigenvalue weighted by Gasteiger charge is 2.46. The van der Waals surface area contributed by atoms with Crippen molar-refractivity contribution >= 4 is 28.6 Å². The van der Waals surface area contributed by atoms with E-state index in [9.17, 15) is 14.4 Å². The molecule has 3 heterocycles. The number of para-hydroxylation sites is 1. The number of benzene rings is 1. The molecule has 2 saturated heterocycles. The number of aryl methyl sites for hydroxylation is 1. The zero-order valence-corrected chi connectivity index (χ0v) is 18.2. The van der Waals surface area contributed by atoms with Crippen molar-refractivity contribution in [1.29, 1.82) is 0 Å². The Morgan fingerprint density at radius 1 is 1.19 bits per heavy atom. The second-order valence-corrected chi connectivity index (χ2v) is 8.30. The number of hydrogen-bond donors (Lipinski definition) is 1. The van der Waals surface area contributed by atoms with Crippen molar-refractivity contribution in [1.82, 2.24) is 19.7 Å². The van der Waals surface area contributed by atoms with E-state index < -0.39 is 12.1 Å². The minimum Gasteiger partial charge on any atom is -0.383 e. The van der Waals surface area contributed by atoms with Crippen LogP contribution in [-0.4, -0.2) is 89.4 Å². The number of aromatic nitrogens is 1. The van der Waals surface area contributed by atoms with Crippen LogP contribution in [0.25, 0.3) is 10.9 Å². The van der Waals surface area contributed by atoms with Gasteiger partial charge in [0.2, 0.25) is 17.7 Å². The van der Waals surface area contributed by atoms with Crippen LogP contribution in [0.1, 0.15) is 25.3 Å². The van der Waals surface area contributed by atoms with Gasteiger partial charge in [-0.3, -0.25) is 14.4 Å². The molecule has 0 radical (unpaired) electrons. The molecule has 0 aliphatic carbocycles. The lowest BCUT2D eigenvalue weighted by Crippen LogP contribution is -2.69. The van der Waals surface area contributed by atoms with Crippen LogP contribution in [0, 0.1) is 0 Å². The first-order valence-corrected chi connectivity index (χ1v) is 10.9. The molecule has 1 aromatic carbocycles. The van der Waals surface area contributed by atoms with E-state index in [-0.39, 0.29) is 24.3 Å². The maximum Gasteiger partial charge on any atom is 0.247 e. The highest BCUT2D eigenvalue weighted by molar-refractivity contribution is 5.95. The highest BCUT2D eigenvalue weighted by Crippen LogP contribution is 2.24. The molecule has 0 bridgehead atoms. The third-order valence-electron chi connectivity index (χ3n) is 6.46. The zero-order chi connectivity index (χ0) is 22.0. The molecule has 3 amide bonds. The molecule has 2 unspecified atom stereocenters. The number of nitrogens with one attached hydrogen (secondary N) is 1. The van der Waals surface area contributed by atoms with Gasteiger partial charge < -0.3 is 24.4 Å². The van der Waals surface area contributed by atoms with Gasteiger partial charge in [-0.1, -0.05) is 18.2 Å². The minimum atomic E-state index is -0.591. The number of ether oxygens (including phenoxy) is 1. The monoisotopic (exact) mass is 426 g/mol. The molecule has 0 spiro atoms. The number of fused-ring (bicyclic) bond motifs is 2. The van der Waals surface area contributed by atoms with E-state index in [2.05, 4.69) is 11.1 Å². The predicted molar refractivity (Wildman–Crippen MR) is 116 cm³/mol. The molecule has 0 saturated carbocycles. The molecule has 2 fully saturated rings. The van der Waals surface area contributed by atoms with Crippen LogP contribution in [-0.2, 0) is 25.5 Å². The lowest BCUT2D eigenvalue weighted by atomic mass is 10.0. The van der Waals surface area contributed by atoms with Crippen molar-refractivity contribution < 1.29 is 19.1 Å². The lowest BCUT2D eigenvalue weighted by molar-refractivity contribution is -0.165. The van der Waals surface area contributed by atoms with Gasteiger partial charge in [0.05, 0.1) is 13.2 Å². The van der Waals surface area contributed by atoms with E-state index in [1.165, 1.54) is 10.9 Å². The van der Waals surface area contributed by atoms with Crippen molar-refractivity contribution in [2.45, 2.75) is 38.3 Å². The van der Waals surface area contributed by atoms with E-state index in [0.717, 1.165) is 11.9 Å². The van der Waals surface area contributed by atoms with E-state index in [1.54, 1.807) is 28.7 Å². The first-order valence-electron chi connectivity index (χ1n) is 10.9. The molecule has 8 nitrogen and oxygen atoms in total. The Bertz CT molecular complexity index is 971. The molecule has 1 N–H and O–H groups in total. The summed E-state index contributed by atoms with van der Waals surface area (Å²) in [6, 6.07) is 6.99. The molecule has 4 rings (SSSR count). The van der Waals surface area contributed by atoms with Crippen LogP contribution in [0.15, 0.2) is 30.5 Å². The number of amides is 3. The maximum absolute atomic E-state index is 13.0. The predicted octanol–water partition coefficient (Wildman–Crippen LogP) is 1.41. The van der Waals surface area contributed by atoms with Gasteiger partial charge in [0.1, 0.15) is 12.1 Å². The van der Waals surface area contributed by atoms with Crippen molar-refractivity contribution in [2.24, 2.45) is 0 Å². The standard InChI is InChI=1S/C23H30N4O4/c1-16-22(29)26-11-10-25(12-13-31-2)23(30)20(26)15-27(16)21(28)9-5-6-17-14-24-19-8-4-3-7-18(17)19/h3-4,7-8,14,16,20,24H,5-6,9-13,15H2,1-2H3. The smallest absolute Gasteiger partial charge is 0.247 e. The molecule has 2 aromatic rings. The first-order chi connectivity index (χ1) is 15.0. The van der Waals surface area contributed by atoms with Gasteiger partial charge in [-0.2, -0.15) is 0 Å². The van der Waals surface area contributed by atoms with Gasteiger partial charge in [-0.15, -0.1) is 0 Å². The molecule has 8 heteroatoms. The Hall–Kier alpha value is -2.87. The van der Waals surface area contributed by atoms with Crippen LogP contribution in [0.2, 0.25) is 0 Å². The van der Waals surface area contributed by atoms with Gasteiger partial charge in [0.15, 0.2) is 0 Å². The third-order valence-corrected chi connectivity index (χ3v) is 6.46. The SMILES string of the molecule is COCCN1CCN2C(=O)C(C)N(C(=O)CCCc3c[nH]c4ccccc34)CC2C1=O. The Labute approximate surface area is 182 Å². The molecule has 31 heavy (non-hydrogen) atoms. The van der Waals surface area contributed by atoms with Gasteiger partial charge in [-0.25, -0.2) is 0 Å². The first kappa shape index (κ1) is 21.4. The Morgan fingerprint density at radius 2 is 2.00 bits per heavy atom. The van der Waals surface area contributed by atoms with Crippen LogP contribution >= 0.6 is 0 Å². The summed E-state index contributed by atoms with van der Waals surface area (Å²) in [7, 11) is 1.60. The van der Waals surface area contributed by atoms with E-state index >= 15 is 0 Å². The number of carbonyl (C=O) groups is 3. The molecular weight excluding hydrogens is 396 g/mol. The van der Waals surface area contributed by atoms with Crippen molar-refractivity contribution in [3.63, 3.8) is 0 Å². The summed E-state index contributed by atoms with van der Waals surface area (Å²) in [6.45, 7) is 4.00. The second kappa shape index (κ2) is 9.09. The number of carbonyl (C=O) groups excluding carboxylic acids is 3. The zero-order valence-electron chi connectivity index (χ0n) is 18.2. The van der Waals surface area contributed by atoms with Gasteiger partial charge in [0, 0.05) is 50.3 Å². The van der Waals surface area contributed by atoms with Crippen molar-refractivity contribution in [3.8, 4) is 0 Å². The molecule has 1 aromatic heterocycles. The molecule has 166 valence electrons. The quantitative estimate of drug-likeness (QED) is 0.725. The third kappa shape index (κ3) is 4.17. The number of nitrogens with zero attached hydrogens (tertiary/aromatic N) is 3. The van der Waals surface area contributed by atoms with Crippen LogP contribution in [0.4, 0.5) is 0 Å². The van der Waals surface area contributed by atoms with Gasteiger partial charge >= 0.3 is 0 Å². The topological polar surface area (TPSA) is 85.9 Å². The minimum absolute atomic E-state index is 0.0674. The Kier molecular flexibility index (Phi) is 6.27. The lowest BCUT2D eigenvalue weighted by Gasteiger charge is -2.48. The summed E-state index contributed by atoms with van der Waals surface area (Å²) >= 11 is 0. The summed E-state index contributed by atoms with van der Waals surface area (Å²) in [6.07, 6.45) is 3.83. The molecular formula is C23H30N4O4. The van der Waals surface area contributed by atoms with E-state index in [0.29, 0.717) is 39.1 Å². The Balaban J connectivity index is 1.38. The average molecular weight is 427 g/mol. The maximum atomic E-state index is 13.0. The normalized spacial score (nSPS) is 21.7. The number of H-pyrrole nitrogens is 1. The number of rotatable bonds is 7. The fraction of sp³-hybridized carbons (Fsp3) is 0.522. The Morgan fingerprint density at radius 3 is 2.81 bits per heavy atom. The van der Waals surface area contributed by atoms with Gasteiger partial charge in [0.25, 0.3) is 0 Å². The van der Waals surface area contributed by atoms with Crippen LogP contribution < -0.4 is 0 Å². The second-order valence-electron chi connectivity index (χ2n) is 8.30. The summed E-state index contributed by atoms with van der Waals surface area (Å²) in [4.78, 5) is 47.0.